The van der Waals surface area contributed by atoms with E-state index < -0.39 is 11.6 Å². The van der Waals surface area contributed by atoms with Gasteiger partial charge in [0, 0.05) is 5.69 Å². The Morgan fingerprint density at radius 1 is 1.26 bits per heavy atom. The highest BCUT2D eigenvalue weighted by Crippen LogP contribution is 2.26. The predicted octanol–water partition coefficient (Wildman–Crippen LogP) is 2.59. The first-order valence-corrected chi connectivity index (χ1v) is 5.57. The van der Waals surface area contributed by atoms with Gasteiger partial charge in [0.05, 0.1) is 16.9 Å². The number of rotatable bonds is 2. The molecule has 0 aliphatic heterocycles. The van der Waals surface area contributed by atoms with Crippen molar-refractivity contribution < 1.29 is 8.81 Å². The molecule has 0 bridgehead atoms. The molecule has 3 aromatic rings. The summed E-state index contributed by atoms with van der Waals surface area (Å²) >= 11 is 0. The van der Waals surface area contributed by atoms with Gasteiger partial charge in [-0.1, -0.05) is 6.07 Å². The number of benzene rings is 2. The molecular weight excluding hydrogens is 249 g/mol. The summed E-state index contributed by atoms with van der Waals surface area (Å²) in [6.07, 6.45) is 0. The minimum atomic E-state index is -0.516. The molecule has 6 heteroatoms. The topological polar surface area (TPSA) is 84.0 Å². The van der Waals surface area contributed by atoms with Gasteiger partial charge in [-0.2, -0.15) is 0 Å². The number of oxazole rings is 1. The van der Waals surface area contributed by atoms with E-state index in [2.05, 4.69) is 10.3 Å². The first-order chi connectivity index (χ1) is 9.13. The Labute approximate surface area is 106 Å². The maximum absolute atomic E-state index is 13.3. The van der Waals surface area contributed by atoms with E-state index in [1.54, 1.807) is 30.3 Å². The lowest BCUT2D eigenvalue weighted by Gasteiger charge is -2.09. The zero-order valence-electron chi connectivity index (χ0n) is 9.74. The van der Waals surface area contributed by atoms with Crippen molar-refractivity contribution in [2.75, 3.05) is 11.1 Å². The van der Waals surface area contributed by atoms with Gasteiger partial charge in [-0.25, -0.2) is 9.18 Å². The summed E-state index contributed by atoms with van der Waals surface area (Å²) in [6, 6.07) is 9.56. The van der Waals surface area contributed by atoms with Crippen LogP contribution in [0.25, 0.3) is 11.1 Å². The summed E-state index contributed by atoms with van der Waals surface area (Å²) in [5, 5.41) is 2.99. The molecule has 0 saturated carbocycles. The van der Waals surface area contributed by atoms with Crippen LogP contribution in [-0.2, 0) is 0 Å². The van der Waals surface area contributed by atoms with Crippen molar-refractivity contribution in [1.82, 2.24) is 4.98 Å². The van der Waals surface area contributed by atoms with Crippen molar-refractivity contribution in [1.29, 1.82) is 0 Å². The standard InChI is InChI=1S/C13H10FN3O2/c14-8-2-1-3-9(12(8)15)16-7-4-5-11-10(6-7)17-13(18)19-11/h1-6,16H,15H2,(H,17,18). The van der Waals surface area contributed by atoms with Gasteiger partial charge in [0.15, 0.2) is 5.58 Å². The molecule has 5 nitrogen and oxygen atoms in total. The minimum Gasteiger partial charge on any atom is -0.408 e. The molecule has 19 heavy (non-hydrogen) atoms. The number of nitrogen functional groups attached to an aromatic ring is 1. The molecule has 3 rings (SSSR count). The van der Waals surface area contributed by atoms with Gasteiger partial charge in [-0.05, 0) is 30.3 Å². The maximum Gasteiger partial charge on any atom is 0.417 e. The first kappa shape index (κ1) is 11.3. The van der Waals surface area contributed by atoms with Gasteiger partial charge in [0.2, 0.25) is 0 Å². The zero-order valence-corrected chi connectivity index (χ0v) is 9.74. The molecule has 2 aromatic carbocycles. The van der Waals surface area contributed by atoms with Crippen molar-refractivity contribution in [2.24, 2.45) is 0 Å². The molecule has 0 spiro atoms. The van der Waals surface area contributed by atoms with E-state index in [-0.39, 0.29) is 5.69 Å². The van der Waals surface area contributed by atoms with Crippen molar-refractivity contribution in [3.63, 3.8) is 0 Å². The average molecular weight is 259 g/mol. The number of nitrogens with two attached hydrogens (primary N) is 1. The van der Waals surface area contributed by atoms with Crippen LogP contribution >= 0.6 is 0 Å². The van der Waals surface area contributed by atoms with Crippen LogP contribution in [-0.4, -0.2) is 4.98 Å². The molecule has 96 valence electrons. The first-order valence-electron chi connectivity index (χ1n) is 5.57. The normalized spacial score (nSPS) is 10.8. The molecular formula is C13H10FN3O2. The Morgan fingerprint density at radius 3 is 2.95 bits per heavy atom. The summed E-state index contributed by atoms with van der Waals surface area (Å²) in [5.74, 6) is -1.000. The Hall–Kier alpha value is -2.76. The van der Waals surface area contributed by atoms with Gasteiger partial charge in [-0.3, -0.25) is 4.98 Å². The van der Waals surface area contributed by atoms with Gasteiger partial charge in [0.1, 0.15) is 5.82 Å². The van der Waals surface area contributed by atoms with E-state index in [0.29, 0.717) is 22.5 Å². The molecule has 0 radical (unpaired) electrons. The molecule has 0 aliphatic carbocycles. The van der Waals surface area contributed by atoms with Crippen LogP contribution in [0, 0.1) is 5.82 Å². The third-order valence-corrected chi connectivity index (χ3v) is 2.75. The Morgan fingerprint density at radius 2 is 2.11 bits per heavy atom. The second-order valence-corrected chi connectivity index (χ2v) is 4.05. The summed E-state index contributed by atoms with van der Waals surface area (Å²) in [7, 11) is 0. The smallest absolute Gasteiger partial charge is 0.408 e. The number of H-pyrrole nitrogens is 1. The number of aromatic amines is 1. The molecule has 4 N–H and O–H groups in total. The molecule has 0 unspecified atom stereocenters. The largest absolute Gasteiger partial charge is 0.417 e. The highest BCUT2D eigenvalue weighted by Gasteiger charge is 2.06. The molecule has 0 aliphatic rings. The summed E-state index contributed by atoms with van der Waals surface area (Å²) in [5.41, 5.74) is 7.83. The monoisotopic (exact) mass is 259 g/mol. The number of anilines is 3. The van der Waals surface area contributed by atoms with Crippen LogP contribution in [0.3, 0.4) is 0 Å². The third kappa shape index (κ3) is 2.03. The maximum atomic E-state index is 13.3. The fraction of sp³-hybridized carbons (Fsp3) is 0. The van der Waals surface area contributed by atoms with Crippen LogP contribution < -0.4 is 16.8 Å². The van der Waals surface area contributed by atoms with Gasteiger partial charge in [-0.15, -0.1) is 0 Å². The molecule has 0 atom stereocenters. The quantitative estimate of drug-likeness (QED) is 0.617. The minimum absolute atomic E-state index is 0.0447. The third-order valence-electron chi connectivity index (χ3n) is 2.75. The van der Waals surface area contributed by atoms with E-state index in [1.165, 1.54) is 6.07 Å². The van der Waals surface area contributed by atoms with Crippen molar-refractivity contribution in [3.05, 3.63) is 52.8 Å². The molecule has 0 saturated heterocycles. The Bertz CT molecular complexity index is 807. The lowest BCUT2D eigenvalue weighted by Crippen LogP contribution is -1.98. The Balaban J connectivity index is 2.00. The second-order valence-electron chi connectivity index (χ2n) is 4.05. The lowest BCUT2D eigenvalue weighted by molar-refractivity contribution is 0.555. The van der Waals surface area contributed by atoms with Crippen molar-refractivity contribution in [2.45, 2.75) is 0 Å². The lowest BCUT2D eigenvalue weighted by atomic mass is 10.2. The van der Waals surface area contributed by atoms with Crippen molar-refractivity contribution in [3.8, 4) is 0 Å². The number of nitrogens with one attached hydrogen (secondary N) is 2. The van der Waals surface area contributed by atoms with Gasteiger partial charge in [0.25, 0.3) is 0 Å². The van der Waals surface area contributed by atoms with E-state index in [0.717, 1.165) is 0 Å². The van der Waals surface area contributed by atoms with Crippen LogP contribution in [0.1, 0.15) is 0 Å². The summed E-state index contributed by atoms with van der Waals surface area (Å²) in [4.78, 5) is 13.6. The number of para-hydroxylation sites is 1. The predicted molar refractivity (Wildman–Crippen MR) is 70.9 cm³/mol. The number of hydrogen-bond donors (Lipinski definition) is 3. The van der Waals surface area contributed by atoms with E-state index in [1.807, 2.05) is 0 Å². The molecule has 0 fully saturated rings. The van der Waals surface area contributed by atoms with Crippen LogP contribution in [0.4, 0.5) is 21.5 Å². The van der Waals surface area contributed by atoms with Gasteiger partial charge < -0.3 is 15.5 Å². The number of aromatic nitrogens is 1. The molecule has 1 heterocycles. The van der Waals surface area contributed by atoms with Gasteiger partial charge >= 0.3 is 5.76 Å². The second kappa shape index (κ2) is 4.16. The number of fused-ring (bicyclic) bond motifs is 1. The Kier molecular flexibility index (Phi) is 2.49. The molecule has 1 aromatic heterocycles. The summed E-state index contributed by atoms with van der Waals surface area (Å²) < 4.78 is 18.2. The highest BCUT2D eigenvalue weighted by atomic mass is 19.1. The van der Waals surface area contributed by atoms with Crippen LogP contribution in [0.15, 0.2) is 45.6 Å². The van der Waals surface area contributed by atoms with E-state index in [9.17, 15) is 9.18 Å². The zero-order chi connectivity index (χ0) is 13.4. The highest BCUT2D eigenvalue weighted by molar-refractivity contribution is 5.80. The number of halogens is 1. The molecule has 0 amide bonds. The summed E-state index contributed by atoms with van der Waals surface area (Å²) in [6.45, 7) is 0. The SMILES string of the molecule is Nc1c(F)cccc1Nc1ccc2oc(=O)[nH]c2c1. The average Bonchev–Trinajstić information content (AvgIpc) is 2.74. The number of hydrogen-bond acceptors (Lipinski definition) is 4. The van der Waals surface area contributed by atoms with E-state index in [4.69, 9.17) is 10.2 Å². The van der Waals surface area contributed by atoms with Crippen LogP contribution in [0.2, 0.25) is 0 Å². The fourth-order valence-corrected chi connectivity index (χ4v) is 1.83. The van der Waals surface area contributed by atoms with Crippen LogP contribution in [0.5, 0.6) is 0 Å². The fourth-order valence-electron chi connectivity index (χ4n) is 1.83. The van der Waals surface area contributed by atoms with E-state index >= 15 is 0 Å². The van der Waals surface area contributed by atoms with Crippen molar-refractivity contribution >= 4 is 28.2 Å².